The smallest absolute Gasteiger partial charge is 0.101 e. The molecular formula is C12H13BrClN3. The lowest BCUT2D eigenvalue weighted by Crippen LogP contribution is -2.07. The lowest BCUT2D eigenvalue weighted by Gasteiger charge is -2.07. The first-order valence-corrected chi connectivity index (χ1v) is 6.79. The summed E-state index contributed by atoms with van der Waals surface area (Å²) >= 11 is 9.37. The zero-order valence-electron chi connectivity index (χ0n) is 9.53. The van der Waals surface area contributed by atoms with Crippen molar-refractivity contribution in [3.05, 3.63) is 45.7 Å². The fourth-order valence-electron chi connectivity index (χ4n) is 1.77. The van der Waals surface area contributed by atoms with Crippen molar-refractivity contribution in [2.45, 2.75) is 25.8 Å². The van der Waals surface area contributed by atoms with Crippen LogP contribution in [0.5, 0.6) is 0 Å². The zero-order valence-corrected chi connectivity index (χ0v) is 11.9. The van der Waals surface area contributed by atoms with E-state index in [1.807, 2.05) is 22.9 Å². The normalized spacial score (nSPS) is 10.8. The summed E-state index contributed by atoms with van der Waals surface area (Å²) in [5.74, 6) is 0.416. The second-order valence-electron chi connectivity index (χ2n) is 3.72. The van der Waals surface area contributed by atoms with E-state index < -0.39 is 0 Å². The number of hydrogen-bond donors (Lipinski definition) is 0. The molecule has 0 unspecified atom stereocenters. The Bertz CT molecular complexity index is 510. The molecule has 0 atom stereocenters. The lowest BCUT2D eigenvalue weighted by atomic mass is 10.2. The topological polar surface area (TPSA) is 30.7 Å². The van der Waals surface area contributed by atoms with Crippen LogP contribution in [-0.4, -0.2) is 15.0 Å². The minimum absolute atomic E-state index is 0.416. The summed E-state index contributed by atoms with van der Waals surface area (Å²) in [5.41, 5.74) is 3.17. The number of halogens is 2. The highest BCUT2D eigenvalue weighted by Gasteiger charge is 2.11. The maximum absolute atomic E-state index is 5.83. The quantitative estimate of drug-likeness (QED) is 0.810. The van der Waals surface area contributed by atoms with Gasteiger partial charge in [-0.25, -0.2) is 4.68 Å². The third kappa shape index (κ3) is 2.69. The van der Waals surface area contributed by atoms with Crippen LogP contribution in [0.3, 0.4) is 0 Å². The number of nitrogens with zero attached hydrogens (tertiary/aromatic N) is 3. The molecule has 90 valence electrons. The molecule has 0 fully saturated rings. The van der Waals surface area contributed by atoms with Gasteiger partial charge in [0.1, 0.15) is 5.69 Å². The Morgan fingerprint density at radius 3 is 2.76 bits per heavy atom. The Kier molecular flexibility index (Phi) is 4.18. The number of alkyl halides is 1. The molecule has 0 saturated heterocycles. The van der Waals surface area contributed by atoms with E-state index in [0.29, 0.717) is 12.4 Å². The summed E-state index contributed by atoms with van der Waals surface area (Å²) in [6.07, 6.45) is 0.888. The Labute approximate surface area is 114 Å². The molecule has 0 amide bonds. The molecule has 0 spiro atoms. The molecule has 0 aliphatic heterocycles. The van der Waals surface area contributed by atoms with E-state index in [-0.39, 0.29) is 0 Å². The number of benzene rings is 1. The van der Waals surface area contributed by atoms with Crippen molar-refractivity contribution in [3.8, 4) is 0 Å². The van der Waals surface area contributed by atoms with Gasteiger partial charge in [-0.2, -0.15) is 0 Å². The molecule has 1 aromatic heterocycles. The minimum atomic E-state index is 0.416. The number of rotatable bonds is 4. The fourth-order valence-corrected chi connectivity index (χ4v) is 2.39. The average molecular weight is 315 g/mol. The maximum Gasteiger partial charge on any atom is 0.101 e. The summed E-state index contributed by atoms with van der Waals surface area (Å²) in [4.78, 5) is 0. The largest absolute Gasteiger partial charge is 0.245 e. The molecule has 2 rings (SSSR count). The summed E-state index contributed by atoms with van der Waals surface area (Å²) in [6, 6.07) is 8.12. The fraction of sp³-hybridized carbons (Fsp3) is 0.333. The third-order valence-electron chi connectivity index (χ3n) is 2.66. The third-order valence-corrected chi connectivity index (χ3v) is 3.68. The van der Waals surface area contributed by atoms with Gasteiger partial charge in [-0.15, -0.1) is 16.7 Å². The Morgan fingerprint density at radius 1 is 1.35 bits per heavy atom. The highest BCUT2D eigenvalue weighted by molar-refractivity contribution is 9.10. The SMILES string of the molecule is CCc1c(CCl)nnn1Cc1ccccc1Br. The van der Waals surface area contributed by atoms with Crippen LogP contribution >= 0.6 is 27.5 Å². The Balaban J connectivity index is 2.30. The molecule has 0 bridgehead atoms. The first-order chi connectivity index (χ1) is 8.26. The van der Waals surface area contributed by atoms with E-state index in [2.05, 4.69) is 39.2 Å². The Hall–Kier alpha value is -0.870. The molecule has 1 aromatic carbocycles. The van der Waals surface area contributed by atoms with E-state index in [4.69, 9.17) is 11.6 Å². The van der Waals surface area contributed by atoms with Gasteiger partial charge in [-0.1, -0.05) is 46.3 Å². The van der Waals surface area contributed by atoms with Crippen LogP contribution in [0.1, 0.15) is 23.9 Å². The number of hydrogen-bond acceptors (Lipinski definition) is 2. The van der Waals surface area contributed by atoms with Crippen LogP contribution in [0.4, 0.5) is 0 Å². The maximum atomic E-state index is 5.83. The monoisotopic (exact) mass is 313 g/mol. The molecule has 3 nitrogen and oxygen atoms in total. The highest BCUT2D eigenvalue weighted by Crippen LogP contribution is 2.18. The van der Waals surface area contributed by atoms with Crippen LogP contribution in [0.2, 0.25) is 0 Å². The molecule has 2 aromatic rings. The van der Waals surface area contributed by atoms with Gasteiger partial charge >= 0.3 is 0 Å². The van der Waals surface area contributed by atoms with E-state index in [1.54, 1.807) is 0 Å². The molecule has 0 aliphatic carbocycles. The van der Waals surface area contributed by atoms with Gasteiger partial charge < -0.3 is 0 Å². The van der Waals surface area contributed by atoms with Crippen LogP contribution in [-0.2, 0) is 18.8 Å². The molecule has 17 heavy (non-hydrogen) atoms. The first-order valence-electron chi connectivity index (χ1n) is 5.46. The van der Waals surface area contributed by atoms with Gasteiger partial charge in [-0.05, 0) is 18.1 Å². The van der Waals surface area contributed by atoms with Crippen LogP contribution in [0.15, 0.2) is 28.7 Å². The van der Waals surface area contributed by atoms with Gasteiger partial charge in [0.2, 0.25) is 0 Å². The van der Waals surface area contributed by atoms with Crippen LogP contribution < -0.4 is 0 Å². The van der Waals surface area contributed by atoms with Gasteiger partial charge in [-0.3, -0.25) is 0 Å². The second-order valence-corrected chi connectivity index (χ2v) is 4.84. The molecule has 0 radical (unpaired) electrons. The van der Waals surface area contributed by atoms with Gasteiger partial charge in [0.25, 0.3) is 0 Å². The Morgan fingerprint density at radius 2 is 2.12 bits per heavy atom. The van der Waals surface area contributed by atoms with Crippen molar-refractivity contribution in [2.24, 2.45) is 0 Å². The van der Waals surface area contributed by atoms with Gasteiger partial charge in [0.05, 0.1) is 18.1 Å². The van der Waals surface area contributed by atoms with E-state index in [0.717, 1.165) is 22.3 Å². The van der Waals surface area contributed by atoms with Crippen molar-refractivity contribution in [1.82, 2.24) is 15.0 Å². The predicted octanol–water partition coefficient (Wildman–Crippen LogP) is 3.39. The summed E-state index contributed by atoms with van der Waals surface area (Å²) < 4.78 is 3.00. The van der Waals surface area contributed by atoms with Crippen molar-refractivity contribution < 1.29 is 0 Å². The van der Waals surface area contributed by atoms with Crippen molar-refractivity contribution >= 4 is 27.5 Å². The van der Waals surface area contributed by atoms with Crippen LogP contribution in [0, 0.1) is 0 Å². The summed E-state index contributed by atoms with van der Waals surface area (Å²) in [7, 11) is 0. The minimum Gasteiger partial charge on any atom is -0.245 e. The molecule has 0 N–H and O–H groups in total. The van der Waals surface area contributed by atoms with Gasteiger partial charge in [0.15, 0.2) is 0 Å². The van der Waals surface area contributed by atoms with Crippen molar-refractivity contribution in [1.29, 1.82) is 0 Å². The zero-order chi connectivity index (χ0) is 12.3. The lowest BCUT2D eigenvalue weighted by molar-refractivity contribution is 0.620. The molecular weight excluding hydrogens is 302 g/mol. The standard InChI is InChI=1S/C12H13BrClN3/c1-2-12-11(7-14)15-16-17(12)8-9-5-3-4-6-10(9)13/h3-6H,2,7-8H2,1H3. The van der Waals surface area contributed by atoms with Gasteiger partial charge in [0, 0.05) is 4.47 Å². The number of aromatic nitrogens is 3. The summed E-state index contributed by atoms with van der Waals surface area (Å²) in [6.45, 7) is 2.81. The van der Waals surface area contributed by atoms with E-state index in [1.165, 1.54) is 5.56 Å². The molecule has 5 heteroatoms. The molecule has 0 aliphatic rings. The first kappa shape index (κ1) is 12.6. The predicted molar refractivity (Wildman–Crippen MR) is 72.2 cm³/mol. The van der Waals surface area contributed by atoms with Crippen molar-refractivity contribution in [2.75, 3.05) is 0 Å². The molecule has 1 heterocycles. The van der Waals surface area contributed by atoms with E-state index >= 15 is 0 Å². The highest BCUT2D eigenvalue weighted by atomic mass is 79.9. The van der Waals surface area contributed by atoms with Crippen LogP contribution in [0.25, 0.3) is 0 Å². The van der Waals surface area contributed by atoms with E-state index in [9.17, 15) is 0 Å². The molecule has 0 saturated carbocycles. The van der Waals surface area contributed by atoms with Crippen molar-refractivity contribution in [3.63, 3.8) is 0 Å². The second kappa shape index (κ2) is 5.65. The average Bonchev–Trinajstić information content (AvgIpc) is 2.74. The summed E-state index contributed by atoms with van der Waals surface area (Å²) in [5, 5.41) is 8.25.